The highest BCUT2D eigenvalue weighted by Gasteiger charge is 2.23. The van der Waals surface area contributed by atoms with E-state index in [4.69, 9.17) is 11.6 Å². The van der Waals surface area contributed by atoms with E-state index in [2.05, 4.69) is 5.32 Å². The molecular weight excluding hydrogens is 438 g/mol. The van der Waals surface area contributed by atoms with Gasteiger partial charge >= 0.3 is 5.69 Å². The summed E-state index contributed by atoms with van der Waals surface area (Å²) in [6.07, 6.45) is 2.34. The van der Waals surface area contributed by atoms with Gasteiger partial charge in [0.2, 0.25) is 5.91 Å². The van der Waals surface area contributed by atoms with Crippen molar-refractivity contribution >= 4 is 28.4 Å². The first kappa shape index (κ1) is 21.2. The number of nitrogens with zero attached hydrogens (tertiary/aromatic N) is 2. The third-order valence-electron chi connectivity index (χ3n) is 5.78. The van der Waals surface area contributed by atoms with Crippen molar-refractivity contribution in [1.82, 2.24) is 14.5 Å². The molecule has 33 heavy (non-hydrogen) atoms. The van der Waals surface area contributed by atoms with Gasteiger partial charge in [-0.25, -0.2) is 9.36 Å². The summed E-state index contributed by atoms with van der Waals surface area (Å²) in [6, 6.07) is 21.7. The van der Waals surface area contributed by atoms with Crippen molar-refractivity contribution in [2.75, 3.05) is 0 Å². The number of hydrogen-bond donors (Lipinski definition) is 1. The Hall–Kier alpha value is -3.64. The minimum atomic E-state index is -0.432. The number of hydrogen-bond acceptors (Lipinski definition) is 3. The highest BCUT2D eigenvalue weighted by Crippen LogP contribution is 2.19. The zero-order chi connectivity index (χ0) is 22.9. The molecule has 0 aliphatic heterocycles. The lowest BCUT2D eigenvalue weighted by Crippen LogP contribution is -2.39. The van der Waals surface area contributed by atoms with Crippen molar-refractivity contribution in [2.24, 2.45) is 0 Å². The molecule has 0 bridgehead atoms. The van der Waals surface area contributed by atoms with Crippen LogP contribution in [-0.4, -0.2) is 21.1 Å². The quantitative estimate of drug-likeness (QED) is 0.478. The molecule has 6 nitrogen and oxygen atoms in total. The summed E-state index contributed by atoms with van der Waals surface area (Å²) >= 11 is 6.13. The Labute approximate surface area is 195 Å². The molecule has 1 aliphatic carbocycles. The van der Waals surface area contributed by atoms with E-state index < -0.39 is 5.69 Å². The van der Waals surface area contributed by atoms with Gasteiger partial charge in [-0.05, 0) is 60.4 Å². The van der Waals surface area contributed by atoms with E-state index in [9.17, 15) is 14.4 Å². The average molecular weight is 460 g/mol. The summed E-state index contributed by atoms with van der Waals surface area (Å²) in [6.45, 7) is 0.277. The van der Waals surface area contributed by atoms with Crippen molar-refractivity contribution in [2.45, 2.75) is 31.8 Å². The summed E-state index contributed by atoms with van der Waals surface area (Å²) in [4.78, 5) is 38.9. The molecule has 5 rings (SSSR count). The lowest BCUT2D eigenvalue weighted by molar-refractivity contribution is -0.120. The maximum atomic E-state index is 13.5. The number of amides is 1. The number of carbonyl (C=O) groups excluding carboxylic acids is 1. The molecule has 0 spiro atoms. The Morgan fingerprint density at radius 1 is 0.939 bits per heavy atom. The summed E-state index contributed by atoms with van der Waals surface area (Å²) in [7, 11) is 0. The van der Waals surface area contributed by atoms with Gasteiger partial charge < -0.3 is 5.32 Å². The molecule has 1 aliphatic rings. The number of aromatic nitrogens is 2. The largest absolute Gasteiger partial charge is 0.353 e. The normalized spacial score (nSPS) is 13.2. The first-order valence-corrected chi connectivity index (χ1v) is 11.2. The summed E-state index contributed by atoms with van der Waals surface area (Å²) < 4.78 is 2.76. The molecule has 0 atom stereocenters. The fraction of sp³-hybridized carbons (Fsp3) is 0.192. The average Bonchev–Trinajstić information content (AvgIpc) is 3.62. The van der Waals surface area contributed by atoms with E-state index in [0.717, 1.165) is 24.0 Å². The fourth-order valence-corrected chi connectivity index (χ4v) is 4.19. The third kappa shape index (κ3) is 4.47. The van der Waals surface area contributed by atoms with Gasteiger partial charge in [0, 0.05) is 11.1 Å². The van der Waals surface area contributed by atoms with Crippen molar-refractivity contribution in [3.05, 3.63) is 110 Å². The Morgan fingerprint density at radius 2 is 1.70 bits per heavy atom. The minimum absolute atomic E-state index is 0.0167. The fourth-order valence-electron chi connectivity index (χ4n) is 3.97. The number of benzene rings is 3. The highest BCUT2D eigenvalue weighted by atomic mass is 35.5. The van der Waals surface area contributed by atoms with Gasteiger partial charge in [-0.3, -0.25) is 14.2 Å². The van der Waals surface area contributed by atoms with Gasteiger partial charge in [-0.15, -0.1) is 0 Å². The smallest absolute Gasteiger partial charge is 0.336 e. The molecule has 1 N–H and O–H groups in total. The van der Waals surface area contributed by atoms with Crippen LogP contribution in [0.5, 0.6) is 0 Å². The maximum Gasteiger partial charge on any atom is 0.336 e. The summed E-state index contributed by atoms with van der Waals surface area (Å²) in [5.74, 6) is -0.0167. The van der Waals surface area contributed by atoms with E-state index in [1.165, 1.54) is 4.57 Å². The Morgan fingerprint density at radius 3 is 2.42 bits per heavy atom. The number of halogens is 1. The molecule has 4 aromatic rings. The van der Waals surface area contributed by atoms with Crippen molar-refractivity contribution < 1.29 is 4.79 Å². The number of carbonyl (C=O) groups is 1. The van der Waals surface area contributed by atoms with Crippen LogP contribution in [0.15, 0.2) is 82.4 Å². The number of para-hydroxylation sites is 1. The Bertz CT molecular complexity index is 1470. The molecule has 3 aromatic carbocycles. The van der Waals surface area contributed by atoms with Crippen LogP contribution in [-0.2, 0) is 17.8 Å². The van der Waals surface area contributed by atoms with Crippen LogP contribution in [0.3, 0.4) is 0 Å². The number of nitrogens with one attached hydrogen (secondary N) is 1. The van der Waals surface area contributed by atoms with Crippen LogP contribution in [0.2, 0.25) is 5.02 Å². The van der Waals surface area contributed by atoms with Crippen molar-refractivity contribution in [3.8, 4) is 5.69 Å². The van der Waals surface area contributed by atoms with E-state index in [0.29, 0.717) is 27.7 Å². The highest BCUT2D eigenvalue weighted by molar-refractivity contribution is 6.30. The zero-order valence-corrected chi connectivity index (χ0v) is 18.6. The number of fused-ring (bicyclic) bond motifs is 1. The monoisotopic (exact) mass is 459 g/mol. The van der Waals surface area contributed by atoms with E-state index in [1.54, 1.807) is 59.2 Å². The molecule has 1 saturated carbocycles. The lowest BCUT2D eigenvalue weighted by Gasteiger charge is -2.15. The molecule has 7 heteroatoms. The van der Waals surface area contributed by atoms with Crippen molar-refractivity contribution in [1.29, 1.82) is 0 Å². The lowest BCUT2D eigenvalue weighted by atomic mass is 10.1. The van der Waals surface area contributed by atoms with Gasteiger partial charge in [-0.1, -0.05) is 48.0 Å². The molecule has 1 aromatic heterocycles. The van der Waals surface area contributed by atoms with Gasteiger partial charge in [0.15, 0.2) is 0 Å². The van der Waals surface area contributed by atoms with Gasteiger partial charge in [0.1, 0.15) is 0 Å². The van der Waals surface area contributed by atoms with Gasteiger partial charge in [-0.2, -0.15) is 0 Å². The molecule has 0 unspecified atom stereocenters. The second-order valence-electron chi connectivity index (χ2n) is 8.34. The molecule has 1 amide bonds. The van der Waals surface area contributed by atoms with E-state index in [1.807, 2.05) is 18.2 Å². The second-order valence-corrected chi connectivity index (χ2v) is 8.78. The molecule has 0 radical (unpaired) electrons. The number of rotatable bonds is 6. The van der Waals surface area contributed by atoms with Crippen LogP contribution in [0.25, 0.3) is 16.6 Å². The predicted octanol–water partition coefficient (Wildman–Crippen LogP) is 3.68. The first-order chi connectivity index (χ1) is 16.0. The Kier molecular flexibility index (Phi) is 5.60. The van der Waals surface area contributed by atoms with Crippen LogP contribution in [0.4, 0.5) is 0 Å². The van der Waals surface area contributed by atoms with E-state index >= 15 is 0 Å². The van der Waals surface area contributed by atoms with Crippen LogP contribution in [0.1, 0.15) is 24.0 Å². The SMILES string of the molecule is O=C(Cc1ccc(-n2c(=O)c3ccccc3n(Cc3cccc(Cl)c3)c2=O)cc1)NC1CC1. The Balaban J connectivity index is 1.56. The molecule has 1 fully saturated rings. The van der Waals surface area contributed by atoms with Crippen LogP contribution in [0, 0.1) is 0 Å². The second kappa shape index (κ2) is 8.71. The first-order valence-electron chi connectivity index (χ1n) is 10.9. The predicted molar refractivity (Wildman–Crippen MR) is 129 cm³/mol. The minimum Gasteiger partial charge on any atom is -0.353 e. The van der Waals surface area contributed by atoms with Crippen LogP contribution < -0.4 is 16.6 Å². The molecule has 1 heterocycles. The maximum absolute atomic E-state index is 13.5. The molecular formula is C26H22ClN3O3. The zero-order valence-electron chi connectivity index (χ0n) is 17.8. The third-order valence-corrected chi connectivity index (χ3v) is 6.02. The summed E-state index contributed by atoms with van der Waals surface area (Å²) in [5, 5.41) is 4.00. The summed E-state index contributed by atoms with van der Waals surface area (Å²) in [5.41, 5.74) is 1.90. The van der Waals surface area contributed by atoms with E-state index in [-0.39, 0.29) is 24.4 Å². The molecule has 166 valence electrons. The van der Waals surface area contributed by atoms with Crippen molar-refractivity contribution in [3.63, 3.8) is 0 Å². The standard InChI is InChI=1S/C26H22ClN3O3/c27-19-5-3-4-18(14-19)16-29-23-7-2-1-6-22(23)25(32)30(26(29)33)21-12-8-17(9-13-21)15-24(31)28-20-10-11-20/h1-9,12-14,20H,10-11,15-16H2,(H,28,31). The van der Waals surface area contributed by atoms with Crippen LogP contribution >= 0.6 is 11.6 Å². The van der Waals surface area contributed by atoms with Gasteiger partial charge in [0.05, 0.1) is 29.6 Å². The molecule has 0 saturated heterocycles. The van der Waals surface area contributed by atoms with Gasteiger partial charge in [0.25, 0.3) is 5.56 Å². The topological polar surface area (TPSA) is 73.1 Å².